The zero-order valence-corrected chi connectivity index (χ0v) is 29.3. The Morgan fingerprint density at radius 3 is 2.53 bits per heavy atom. The molecule has 7 heteroatoms. The van der Waals surface area contributed by atoms with Crippen molar-refractivity contribution in [2.75, 3.05) is 0 Å². The topological polar surface area (TPSA) is 100 Å². The maximum absolute atomic E-state index is 14.8. The molecule has 1 unspecified atom stereocenters. The smallest absolute Gasteiger partial charge is 0.272 e. The number of H-pyrrole nitrogens is 1. The maximum atomic E-state index is 14.8. The molecule has 4 saturated carbocycles. The minimum atomic E-state index is -0.497. The molecule has 49 heavy (non-hydrogen) atoms. The van der Waals surface area contributed by atoms with Crippen LogP contribution in [0.3, 0.4) is 0 Å². The van der Waals surface area contributed by atoms with E-state index < -0.39 is 5.82 Å². The zero-order chi connectivity index (χ0) is 34.3. The van der Waals surface area contributed by atoms with E-state index in [1.807, 2.05) is 18.2 Å². The van der Waals surface area contributed by atoms with E-state index in [9.17, 15) is 23.9 Å². The number of fused-ring (bicyclic) bond motifs is 6. The van der Waals surface area contributed by atoms with E-state index in [0.717, 1.165) is 81.6 Å². The number of unbranched alkanes of at least 4 members (excludes halogenated alkanes) is 4. The second-order valence-electron chi connectivity index (χ2n) is 16.6. The van der Waals surface area contributed by atoms with E-state index in [0.29, 0.717) is 59.3 Å². The second-order valence-corrected chi connectivity index (χ2v) is 16.6. The van der Waals surface area contributed by atoms with Crippen LogP contribution < -0.4 is 5.56 Å². The second kappa shape index (κ2) is 13.8. The van der Waals surface area contributed by atoms with Crippen LogP contribution in [-0.4, -0.2) is 33.0 Å². The summed E-state index contributed by atoms with van der Waals surface area (Å²) < 4.78 is 14.8. The molecule has 2 N–H and O–H groups in total. The van der Waals surface area contributed by atoms with Gasteiger partial charge in [-0.1, -0.05) is 70.2 Å². The number of ketones is 2. The van der Waals surface area contributed by atoms with Gasteiger partial charge >= 0.3 is 0 Å². The molecule has 4 fully saturated rings. The van der Waals surface area contributed by atoms with Crippen LogP contribution in [0.4, 0.5) is 4.39 Å². The molecule has 1 heterocycles. The normalized spacial score (nSPS) is 32.4. The van der Waals surface area contributed by atoms with Crippen molar-refractivity contribution in [3.8, 4) is 0 Å². The molecule has 0 amide bonds. The van der Waals surface area contributed by atoms with Gasteiger partial charge in [-0.25, -0.2) is 9.49 Å². The van der Waals surface area contributed by atoms with E-state index >= 15 is 0 Å². The monoisotopic (exact) mass is 668 g/mol. The number of hydrogen-bond donors (Lipinski definition) is 2. The molecular weight excluding hydrogens is 615 g/mol. The summed E-state index contributed by atoms with van der Waals surface area (Å²) in [5, 5.41) is 19.1. The number of rotatable bonds is 11. The first-order chi connectivity index (χ1) is 23.6. The zero-order valence-electron chi connectivity index (χ0n) is 29.3. The van der Waals surface area contributed by atoms with E-state index in [-0.39, 0.29) is 33.8 Å². The van der Waals surface area contributed by atoms with Crippen molar-refractivity contribution in [1.29, 1.82) is 0 Å². The van der Waals surface area contributed by atoms with Gasteiger partial charge in [0.2, 0.25) is 0 Å². The maximum Gasteiger partial charge on any atom is 0.272 e. The minimum absolute atomic E-state index is 0.0474. The number of benzene rings is 2. The summed E-state index contributed by atoms with van der Waals surface area (Å²) in [5.41, 5.74) is 1.66. The Hall–Kier alpha value is -3.19. The molecule has 6 nitrogen and oxygen atoms in total. The first kappa shape index (κ1) is 34.3. The van der Waals surface area contributed by atoms with Crippen molar-refractivity contribution in [2.24, 2.45) is 40.4 Å². The minimum Gasteiger partial charge on any atom is -0.393 e. The SMILES string of the molecule is C[C@]12CCC(=O)C[C@@H]1CC(CCCCCCCC(=O)c1cc(Cc3n[nH]c(=O)c4ccccc34)ccc1F)[C@@H]1[C@@H]2CC[C@]2(C)[C@@H](O)CC[C@@H]12. The number of nitrogens with zero attached hydrogens (tertiary/aromatic N) is 1. The van der Waals surface area contributed by atoms with Crippen LogP contribution in [-0.2, 0) is 11.2 Å². The van der Waals surface area contributed by atoms with Gasteiger partial charge in [0, 0.05) is 31.1 Å². The van der Waals surface area contributed by atoms with E-state index in [1.54, 1.807) is 18.2 Å². The molecule has 4 aliphatic carbocycles. The summed E-state index contributed by atoms with van der Waals surface area (Å²) in [4.78, 5) is 37.9. The Balaban J connectivity index is 0.918. The third kappa shape index (κ3) is 6.45. The highest BCUT2D eigenvalue weighted by Crippen LogP contribution is 2.67. The van der Waals surface area contributed by atoms with Crippen molar-refractivity contribution < 1.29 is 19.1 Å². The summed E-state index contributed by atoms with van der Waals surface area (Å²) in [6.45, 7) is 4.86. The van der Waals surface area contributed by atoms with Crippen LogP contribution in [0, 0.1) is 46.2 Å². The first-order valence-electron chi connectivity index (χ1n) is 19.1. The molecule has 0 aliphatic heterocycles. The molecule has 0 bridgehead atoms. The molecule has 1 aromatic heterocycles. The van der Waals surface area contributed by atoms with Crippen molar-refractivity contribution in [1.82, 2.24) is 10.2 Å². The van der Waals surface area contributed by atoms with Gasteiger partial charge in [-0.15, -0.1) is 0 Å². The highest BCUT2D eigenvalue weighted by Gasteiger charge is 2.62. The molecule has 7 rings (SSSR count). The summed E-state index contributed by atoms with van der Waals surface area (Å²) >= 11 is 0. The van der Waals surface area contributed by atoms with Gasteiger partial charge in [-0.05, 0) is 109 Å². The quantitative estimate of drug-likeness (QED) is 0.157. The Morgan fingerprint density at radius 1 is 0.939 bits per heavy atom. The fourth-order valence-electron chi connectivity index (χ4n) is 11.2. The number of aliphatic hydroxyl groups is 1. The third-order valence-electron chi connectivity index (χ3n) is 14.1. The van der Waals surface area contributed by atoms with Gasteiger partial charge in [0.15, 0.2) is 5.78 Å². The van der Waals surface area contributed by atoms with Gasteiger partial charge in [-0.2, -0.15) is 5.10 Å². The predicted molar refractivity (Wildman–Crippen MR) is 190 cm³/mol. The highest BCUT2D eigenvalue weighted by molar-refractivity contribution is 5.96. The Kier molecular flexibility index (Phi) is 9.68. The van der Waals surface area contributed by atoms with Crippen LogP contribution in [0.15, 0.2) is 47.3 Å². The van der Waals surface area contributed by atoms with E-state index in [4.69, 9.17) is 0 Å². The number of aromatic nitrogens is 2. The summed E-state index contributed by atoms with van der Waals surface area (Å²) in [7, 11) is 0. The van der Waals surface area contributed by atoms with Crippen LogP contribution >= 0.6 is 0 Å². The van der Waals surface area contributed by atoms with E-state index in [1.165, 1.54) is 25.3 Å². The van der Waals surface area contributed by atoms with Crippen LogP contribution in [0.25, 0.3) is 10.8 Å². The number of carbonyl (C=O) groups excluding carboxylic acids is 2. The predicted octanol–water partition coefficient (Wildman–Crippen LogP) is 8.77. The third-order valence-corrected chi connectivity index (χ3v) is 14.1. The summed E-state index contributed by atoms with van der Waals surface area (Å²) in [6.07, 6.45) is 14.9. The molecule has 0 saturated heterocycles. The standard InChI is InChI=1S/C42H53FN2O4/c1-41-20-18-29(46)25-28(41)24-27(39-33-15-17-38(48)42(33,2)21-19-34(39)41)10-6-4-3-5-7-13-37(47)32-22-26(14-16-35(32)43)23-36-30-11-8-9-12-31(30)40(49)45-44-36/h8-9,11-12,14,16,22,27-28,33-34,38-39,48H,3-7,10,13,15,17-21,23-25H2,1-2H3,(H,45,49)/t27?,28-,33-,34-,38-,39-,41-,42-/m0/s1. The average Bonchev–Trinajstić information content (AvgIpc) is 3.40. The van der Waals surface area contributed by atoms with Crippen molar-refractivity contribution in [2.45, 2.75) is 123 Å². The molecular formula is C42H53FN2O4. The number of Topliss-reactive ketones (excluding diaryl/α,β-unsaturated/α-hetero) is 2. The lowest BCUT2D eigenvalue weighted by atomic mass is 9.42. The number of aromatic amines is 1. The Labute approximate surface area is 289 Å². The van der Waals surface area contributed by atoms with Gasteiger partial charge in [0.1, 0.15) is 11.6 Å². The van der Waals surface area contributed by atoms with Gasteiger partial charge < -0.3 is 5.11 Å². The molecule has 0 spiro atoms. The van der Waals surface area contributed by atoms with Gasteiger partial charge in [-0.3, -0.25) is 14.4 Å². The fraction of sp³-hybridized carbons (Fsp3) is 0.619. The molecule has 3 aromatic rings. The first-order valence-corrected chi connectivity index (χ1v) is 19.1. The molecule has 0 radical (unpaired) electrons. The molecule has 4 aliphatic rings. The Morgan fingerprint density at radius 2 is 1.69 bits per heavy atom. The van der Waals surface area contributed by atoms with Crippen molar-refractivity contribution in [3.63, 3.8) is 0 Å². The largest absolute Gasteiger partial charge is 0.393 e. The van der Waals surface area contributed by atoms with Gasteiger partial charge in [0.25, 0.3) is 5.56 Å². The Bertz CT molecular complexity index is 1770. The lowest BCUT2D eigenvalue weighted by Gasteiger charge is -2.62. The molecule has 2 aromatic carbocycles. The average molecular weight is 669 g/mol. The van der Waals surface area contributed by atoms with Crippen molar-refractivity contribution in [3.05, 3.63) is 75.5 Å². The number of hydrogen-bond acceptors (Lipinski definition) is 5. The number of nitrogens with one attached hydrogen (secondary N) is 1. The summed E-state index contributed by atoms with van der Waals surface area (Å²) in [6, 6.07) is 12.0. The van der Waals surface area contributed by atoms with Crippen molar-refractivity contribution >= 4 is 22.3 Å². The number of carbonyl (C=O) groups is 2. The molecule has 262 valence electrons. The van der Waals surface area contributed by atoms with Crippen LogP contribution in [0.2, 0.25) is 0 Å². The van der Waals surface area contributed by atoms with Crippen LogP contribution in [0.5, 0.6) is 0 Å². The highest BCUT2D eigenvalue weighted by atomic mass is 19.1. The lowest BCUT2D eigenvalue weighted by molar-refractivity contribution is -0.156. The number of halogens is 1. The van der Waals surface area contributed by atoms with Gasteiger partial charge in [0.05, 0.1) is 22.7 Å². The van der Waals surface area contributed by atoms with E-state index in [2.05, 4.69) is 24.0 Å². The van der Waals surface area contributed by atoms with Crippen LogP contribution in [0.1, 0.15) is 132 Å². The molecule has 8 atom stereocenters. The fourth-order valence-corrected chi connectivity index (χ4v) is 11.2. The lowest BCUT2D eigenvalue weighted by Crippen LogP contribution is -2.57. The number of aliphatic hydroxyl groups excluding tert-OH is 1. The summed E-state index contributed by atoms with van der Waals surface area (Å²) in [5.74, 6) is 2.85.